The summed E-state index contributed by atoms with van der Waals surface area (Å²) in [6.45, 7) is 1.84. The molecule has 1 atom stereocenters. The summed E-state index contributed by atoms with van der Waals surface area (Å²) in [6, 6.07) is 5.12. The number of ether oxygens (including phenoxy) is 1. The van der Waals surface area contributed by atoms with Crippen LogP contribution in [0.25, 0.3) is 0 Å². The van der Waals surface area contributed by atoms with Gasteiger partial charge in [0.1, 0.15) is 5.75 Å². The summed E-state index contributed by atoms with van der Waals surface area (Å²) in [5.41, 5.74) is 0.638. The van der Waals surface area contributed by atoms with Crippen LogP contribution in [-0.2, 0) is 6.61 Å². The summed E-state index contributed by atoms with van der Waals surface area (Å²) in [6.07, 6.45) is 1.60. The lowest BCUT2D eigenvalue weighted by atomic mass is 10.1. The van der Waals surface area contributed by atoms with E-state index in [1.54, 1.807) is 25.1 Å². The van der Waals surface area contributed by atoms with Gasteiger partial charge >= 0.3 is 0 Å². The standard InChI is InChI=1S/C14H15ClN2O3/c1-8(18)11-6-10(15)4-5-12(11)19-7-13-16-14(17-20-13)9-2-3-9/h4-6,8-9,18H,2-3,7H2,1H3/t8-/m0/s1. The van der Waals surface area contributed by atoms with Gasteiger partial charge in [-0.15, -0.1) is 0 Å². The third-order valence-corrected chi connectivity index (χ3v) is 3.43. The van der Waals surface area contributed by atoms with Gasteiger partial charge in [-0.05, 0) is 38.0 Å². The summed E-state index contributed by atoms with van der Waals surface area (Å²) >= 11 is 5.92. The Kier molecular flexibility index (Phi) is 3.63. The number of benzene rings is 1. The van der Waals surface area contributed by atoms with Gasteiger partial charge in [0.25, 0.3) is 5.89 Å². The maximum atomic E-state index is 9.72. The van der Waals surface area contributed by atoms with Gasteiger partial charge in [-0.3, -0.25) is 0 Å². The lowest BCUT2D eigenvalue weighted by Gasteiger charge is -2.12. The van der Waals surface area contributed by atoms with Crippen LogP contribution in [0.2, 0.25) is 5.02 Å². The SMILES string of the molecule is C[C@H](O)c1cc(Cl)ccc1OCc1nc(C2CC2)no1. The van der Waals surface area contributed by atoms with Gasteiger partial charge < -0.3 is 14.4 Å². The average Bonchev–Trinajstić information content (AvgIpc) is 3.17. The Morgan fingerprint density at radius 2 is 2.30 bits per heavy atom. The zero-order chi connectivity index (χ0) is 14.1. The maximum Gasteiger partial charge on any atom is 0.264 e. The molecule has 1 aromatic carbocycles. The van der Waals surface area contributed by atoms with Crippen LogP contribution in [0.5, 0.6) is 5.75 Å². The van der Waals surface area contributed by atoms with Gasteiger partial charge in [0, 0.05) is 16.5 Å². The third-order valence-electron chi connectivity index (χ3n) is 3.20. The van der Waals surface area contributed by atoms with Crippen molar-refractivity contribution in [3.05, 3.63) is 40.5 Å². The maximum absolute atomic E-state index is 9.72. The van der Waals surface area contributed by atoms with Gasteiger partial charge in [0.05, 0.1) is 6.10 Å². The molecule has 106 valence electrons. The topological polar surface area (TPSA) is 68.4 Å². The highest BCUT2D eigenvalue weighted by atomic mass is 35.5. The van der Waals surface area contributed by atoms with E-state index in [0.29, 0.717) is 28.1 Å². The summed E-state index contributed by atoms with van der Waals surface area (Å²) in [5, 5.41) is 14.2. The smallest absolute Gasteiger partial charge is 0.264 e. The molecule has 1 aliphatic rings. The number of aromatic nitrogens is 2. The summed E-state index contributed by atoms with van der Waals surface area (Å²) < 4.78 is 10.8. The van der Waals surface area contributed by atoms with Crippen molar-refractivity contribution in [2.24, 2.45) is 0 Å². The lowest BCUT2D eigenvalue weighted by Crippen LogP contribution is -2.01. The molecule has 0 unspecified atom stereocenters. The molecule has 0 saturated heterocycles. The Labute approximate surface area is 121 Å². The summed E-state index contributed by atoms with van der Waals surface area (Å²) in [7, 11) is 0. The molecule has 1 aromatic heterocycles. The van der Waals surface area contributed by atoms with E-state index in [0.717, 1.165) is 18.7 Å². The molecule has 6 heteroatoms. The van der Waals surface area contributed by atoms with Crippen LogP contribution >= 0.6 is 11.6 Å². The molecule has 0 amide bonds. The van der Waals surface area contributed by atoms with Crippen LogP contribution in [-0.4, -0.2) is 15.2 Å². The number of aliphatic hydroxyl groups is 1. The van der Waals surface area contributed by atoms with Crippen molar-refractivity contribution in [1.82, 2.24) is 10.1 Å². The zero-order valence-corrected chi connectivity index (χ0v) is 11.8. The second-order valence-electron chi connectivity index (χ2n) is 4.97. The van der Waals surface area contributed by atoms with Crippen molar-refractivity contribution in [2.45, 2.75) is 38.4 Å². The molecule has 2 aromatic rings. The van der Waals surface area contributed by atoms with E-state index < -0.39 is 6.10 Å². The summed E-state index contributed by atoms with van der Waals surface area (Å²) in [4.78, 5) is 4.29. The minimum Gasteiger partial charge on any atom is -0.483 e. The normalized spacial score (nSPS) is 16.1. The Morgan fingerprint density at radius 3 is 3.00 bits per heavy atom. The van der Waals surface area contributed by atoms with E-state index in [1.165, 1.54) is 0 Å². The molecular formula is C14H15ClN2O3. The fraction of sp³-hybridized carbons (Fsp3) is 0.429. The highest BCUT2D eigenvalue weighted by Gasteiger charge is 2.28. The molecule has 1 N–H and O–H groups in total. The molecule has 1 aliphatic carbocycles. The first kappa shape index (κ1) is 13.4. The van der Waals surface area contributed by atoms with Crippen LogP contribution in [0.4, 0.5) is 0 Å². The fourth-order valence-electron chi connectivity index (χ4n) is 1.95. The van der Waals surface area contributed by atoms with Gasteiger partial charge in [-0.2, -0.15) is 4.98 Å². The van der Waals surface area contributed by atoms with Crippen LogP contribution < -0.4 is 4.74 Å². The van der Waals surface area contributed by atoms with E-state index in [9.17, 15) is 5.11 Å². The number of hydrogen-bond donors (Lipinski definition) is 1. The monoisotopic (exact) mass is 294 g/mol. The third kappa shape index (κ3) is 2.94. The molecule has 20 heavy (non-hydrogen) atoms. The van der Waals surface area contributed by atoms with E-state index >= 15 is 0 Å². The van der Waals surface area contributed by atoms with Crippen LogP contribution in [0.3, 0.4) is 0 Å². The van der Waals surface area contributed by atoms with E-state index in [1.807, 2.05) is 0 Å². The van der Waals surface area contributed by atoms with Crippen molar-refractivity contribution in [3.63, 3.8) is 0 Å². The van der Waals surface area contributed by atoms with Crippen molar-refractivity contribution < 1.29 is 14.4 Å². The average molecular weight is 295 g/mol. The zero-order valence-electron chi connectivity index (χ0n) is 11.0. The van der Waals surface area contributed by atoms with Crippen molar-refractivity contribution >= 4 is 11.6 Å². The molecule has 3 rings (SSSR count). The number of halogens is 1. The highest BCUT2D eigenvalue weighted by molar-refractivity contribution is 6.30. The van der Waals surface area contributed by atoms with Gasteiger partial charge in [0.15, 0.2) is 12.4 Å². The molecule has 0 radical (unpaired) electrons. The number of hydrogen-bond acceptors (Lipinski definition) is 5. The number of nitrogens with zero attached hydrogens (tertiary/aromatic N) is 2. The molecule has 0 spiro atoms. The molecule has 0 bridgehead atoms. The molecule has 1 saturated carbocycles. The fourth-order valence-corrected chi connectivity index (χ4v) is 2.13. The first-order valence-corrected chi connectivity index (χ1v) is 6.94. The largest absolute Gasteiger partial charge is 0.483 e. The first-order valence-electron chi connectivity index (χ1n) is 6.56. The Hall–Kier alpha value is -1.59. The second kappa shape index (κ2) is 5.42. The Morgan fingerprint density at radius 1 is 1.50 bits per heavy atom. The van der Waals surface area contributed by atoms with Gasteiger partial charge in [-0.25, -0.2) is 0 Å². The Bertz CT molecular complexity index is 608. The lowest BCUT2D eigenvalue weighted by molar-refractivity contribution is 0.185. The molecular weight excluding hydrogens is 280 g/mol. The molecule has 5 nitrogen and oxygen atoms in total. The van der Waals surface area contributed by atoms with Gasteiger partial charge in [0.2, 0.25) is 0 Å². The van der Waals surface area contributed by atoms with Crippen molar-refractivity contribution in [3.8, 4) is 5.75 Å². The molecule has 0 aliphatic heterocycles. The van der Waals surface area contributed by atoms with Crippen LogP contribution in [0, 0.1) is 0 Å². The van der Waals surface area contributed by atoms with E-state index in [-0.39, 0.29) is 6.61 Å². The first-order chi connectivity index (χ1) is 9.63. The summed E-state index contributed by atoms with van der Waals surface area (Å²) in [5.74, 6) is 2.22. The quantitative estimate of drug-likeness (QED) is 0.917. The Balaban J connectivity index is 1.70. The minimum absolute atomic E-state index is 0.182. The van der Waals surface area contributed by atoms with Gasteiger partial charge in [-0.1, -0.05) is 16.8 Å². The van der Waals surface area contributed by atoms with Crippen LogP contribution in [0.1, 0.15) is 49.1 Å². The van der Waals surface area contributed by atoms with Crippen molar-refractivity contribution in [2.75, 3.05) is 0 Å². The molecule has 1 fully saturated rings. The predicted molar refractivity (Wildman–Crippen MR) is 72.7 cm³/mol. The predicted octanol–water partition coefficient (Wildman–Crippen LogP) is 3.23. The second-order valence-corrected chi connectivity index (χ2v) is 5.40. The number of rotatable bonds is 5. The van der Waals surface area contributed by atoms with E-state index in [4.69, 9.17) is 20.9 Å². The molecule has 1 heterocycles. The van der Waals surface area contributed by atoms with E-state index in [2.05, 4.69) is 10.1 Å². The number of aliphatic hydroxyl groups excluding tert-OH is 1. The van der Waals surface area contributed by atoms with Crippen LogP contribution in [0.15, 0.2) is 22.7 Å². The highest BCUT2D eigenvalue weighted by Crippen LogP contribution is 2.38. The minimum atomic E-state index is -0.659. The van der Waals surface area contributed by atoms with Crippen molar-refractivity contribution in [1.29, 1.82) is 0 Å².